The summed E-state index contributed by atoms with van der Waals surface area (Å²) in [5.74, 6) is 0.372. The van der Waals surface area contributed by atoms with E-state index in [1.165, 1.54) is 38.8 Å². The van der Waals surface area contributed by atoms with Crippen LogP contribution >= 0.6 is 23.1 Å². The van der Waals surface area contributed by atoms with Gasteiger partial charge < -0.3 is 4.90 Å². The quantitative estimate of drug-likeness (QED) is 0.525. The van der Waals surface area contributed by atoms with E-state index in [1.54, 1.807) is 7.05 Å². The van der Waals surface area contributed by atoms with Crippen molar-refractivity contribution in [2.24, 2.45) is 7.05 Å². The molecule has 3 aromatic rings. The molecule has 0 radical (unpaired) electrons. The van der Waals surface area contributed by atoms with E-state index in [0.29, 0.717) is 21.9 Å². The van der Waals surface area contributed by atoms with E-state index in [9.17, 15) is 9.59 Å². The van der Waals surface area contributed by atoms with Crippen LogP contribution in [0.4, 0.5) is 0 Å². The Morgan fingerprint density at radius 3 is 2.92 bits per heavy atom. The fraction of sp³-hybridized carbons (Fsp3) is 0.278. The minimum Gasteiger partial charge on any atom is -0.337 e. The summed E-state index contributed by atoms with van der Waals surface area (Å²) in [6, 6.07) is 10.1. The maximum atomic E-state index is 12.6. The zero-order valence-electron chi connectivity index (χ0n) is 13.8. The highest BCUT2D eigenvalue weighted by atomic mass is 32.2. The van der Waals surface area contributed by atoms with Crippen LogP contribution < -0.4 is 5.56 Å². The van der Waals surface area contributed by atoms with Crippen molar-refractivity contribution in [3.63, 3.8) is 0 Å². The summed E-state index contributed by atoms with van der Waals surface area (Å²) >= 11 is 2.72. The molecule has 0 bridgehead atoms. The SMILES string of the molecule is Cn1c(SCC(=O)N2CCc3ccccc3C2)nc2ccsc2c1=O. The molecule has 0 spiro atoms. The van der Waals surface area contributed by atoms with Crippen LogP contribution in [-0.4, -0.2) is 32.7 Å². The third kappa shape index (κ3) is 3.09. The molecular weight excluding hydrogens is 354 g/mol. The van der Waals surface area contributed by atoms with E-state index in [4.69, 9.17) is 0 Å². The number of nitrogens with zero attached hydrogens (tertiary/aromatic N) is 3. The molecule has 1 aromatic carbocycles. The highest BCUT2D eigenvalue weighted by Gasteiger charge is 2.21. The van der Waals surface area contributed by atoms with Crippen LogP contribution in [0.1, 0.15) is 11.1 Å². The number of thioether (sulfide) groups is 1. The molecule has 0 atom stereocenters. The Balaban J connectivity index is 1.48. The minimum absolute atomic E-state index is 0.0538. The van der Waals surface area contributed by atoms with Gasteiger partial charge in [0.25, 0.3) is 5.56 Å². The second kappa shape index (κ2) is 6.65. The van der Waals surface area contributed by atoms with Crippen LogP contribution in [0.3, 0.4) is 0 Å². The van der Waals surface area contributed by atoms with Crippen LogP contribution in [0.25, 0.3) is 10.2 Å². The third-order valence-corrected chi connectivity index (χ3v) is 6.36. The zero-order chi connectivity index (χ0) is 17.4. The van der Waals surface area contributed by atoms with E-state index in [-0.39, 0.29) is 17.2 Å². The Bertz CT molecular complexity index is 1010. The van der Waals surface area contributed by atoms with Crippen molar-refractivity contribution in [1.29, 1.82) is 0 Å². The van der Waals surface area contributed by atoms with Gasteiger partial charge in [0.1, 0.15) is 4.70 Å². The molecule has 3 heterocycles. The summed E-state index contributed by atoms with van der Waals surface area (Å²) in [5.41, 5.74) is 3.19. The number of carbonyl (C=O) groups is 1. The van der Waals surface area contributed by atoms with E-state index in [2.05, 4.69) is 17.1 Å². The second-order valence-electron chi connectivity index (χ2n) is 6.02. The van der Waals surface area contributed by atoms with Gasteiger partial charge in [-0.3, -0.25) is 14.2 Å². The molecule has 0 saturated heterocycles. The lowest BCUT2D eigenvalue weighted by atomic mass is 10.00. The van der Waals surface area contributed by atoms with Crippen molar-refractivity contribution >= 4 is 39.2 Å². The largest absolute Gasteiger partial charge is 0.337 e. The third-order valence-electron chi connectivity index (χ3n) is 4.45. The maximum Gasteiger partial charge on any atom is 0.271 e. The van der Waals surface area contributed by atoms with Crippen molar-refractivity contribution in [3.8, 4) is 0 Å². The average Bonchev–Trinajstić information content (AvgIpc) is 3.11. The van der Waals surface area contributed by atoms with E-state index < -0.39 is 0 Å². The summed E-state index contributed by atoms with van der Waals surface area (Å²) < 4.78 is 2.19. The summed E-state index contributed by atoms with van der Waals surface area (Å²) in [7, 11) is 1.71. The van der Waals surface area contributed by atoms with Gasteiger partial charge >= 0.3 is 0 Å². The average molecular weight is 371 g/mol. The normalized spacial score (nSPS) is 13.9. The van der Waals surface area contributed by atoms with Gasteiger partial charge in [0.05, 0.1) is 11.3 Å². The highest BCUT2D eigenvalue weighted by molar-refractivity contribution is 7.99. The molecular formula is C18H17N3O2S2. The highest BCUT2D eigenvalue weighted by Crippen LogP contribution is 2.22. The van der Waals surface area contributed by atoms with Gasteiger partial charge in [0, 0.05) is 20.1 Å². The Kier molecular flexibility index (Phi) is 4.35. The lowest BCUT2D eigenvalue weighted by Gasteiger charge is -2.28. The first-order valence-electron chi connectivity index (χ1n) is 8.05. The number of aromatic nitrogens is 2. The first-order chi connectivity index (χ1) is 12.1. The summed E-state index contributed by atoms with van der Waals surface area (Å²) in [5, 5.41) is 2.45. The van der Waals surface area contributed by atoms with Gasteiger partial charge in [0.2, 0.25) is 5.91 Å². The van der Waals surface area contributed by atoms with Crippen molar-refractivity contribution in [2.75, 3.05) is 12.3 Å². The number of amides is 1. The Labute approximate surface area is 153 Å². The second-order valence-corrected chi connectivity index (χ2v) is 7.87. The molecule has 1 aliphatic heterocycles. The molecule has 0 aliphatic carbocycles. The number of hydrogen-bond donors (Lipinski definition) is 0. The lowest BCUT2D eigenvalue weighted by molar-refractivity contribution is -0.129. The van der Waals surface area contributed by atoms with E-state index >= 15 is 0 Å². The van der Waals surface area contributed by atoms with Crippen LogP contribution in [0.15, 0.2) is 45.7 Å². The van der Waals surface area contributed by atoms with Gasteiger partial charge in [-0.25, -0.2) is 4.98 Å². The maximum absolute atomic E-state index is 12.6. The summed E-state index contributed by atoms with van der Waals surface area (Å²) in [4.78, 5) is 31.3. The molecule has 128 valence electrons. The molecule has 1 aliphatic rings. The summed E-state index contributed by atoms with van der Waals surface area (Å²) in [6.45, 7) is 1.40. The summed E-state index contributed by atoms with van der Waals surface area (Å²) in [6.07, 6.45) is 0.893. The van der Waals surface area contributed by atoms with Crippen LogP contribution in [0.5, 0.6) is 0 Å². The molecule has 25 heavy (non-hydrogen) atoms. The van der Waals surface area contributed by atoms with Crippen LogP contribution in [-0.2, 0) is 24.8 Å². The standard InChI is InChI=1S/C18H17N3O2S2/c1-20-17(23)16-14(7-9-24-16)19-18(20)25-11-15(22)21-8-6-12-4-2-3-5-13(12)10-21/h2-5,7,9H,6,8,10-11H2,1H3. The monoisotopic (exact) mass is 371 g/mol. The predicted octanol–water partition coefficient (Wildman–Crippen LogP) is 2.67. The molecule has 0 saturated carbocycles. The number of hydrogen-bond acceptors (Lipinski definition) is 5. The number of thiophene rings is 1. The molecule has 2 aromatic heterocycles. The smallest absolute Gasteiger partial charge is 0.271 e. The number of rotatable bonds is 3. The van der Waals surface area contributed by atoms with E-state index in [1.807, 2.05) is 28.5 Å². The molecule has 4 rings (SSSR count). The van der Waals surface area contributed by atoms with Gasteiger partial charge in [-0.2, -0.15) is 0 Å². The fourth-order valence-corrected chi connectivity index (χ4v) is 4.70. The van der Waals surface area contributed by atoms with Gasteiger partial charge in [0.15, 0.2) is 5.16 Å². The Morgan fingerprint density at radius 1 is 1.28 bits per heavy atom. The molecule has 5 nitrogen and oxygen atoms in total. The number of fused-ring (bicyclic) bond motifs is 2. The fourth-order valence-electron chi connectivity index (χ4n) is 3.02. The van der Waals surface area contributed by atoms with Crippen LogP contribution in [0, 0.1) is 0 Å². The molecule has 7 heteroatoms. The lowest BCUT2D eigenvalue weighted by Crippen LogP contribution is -2.37. The van der Waals surface area contributed by atoms with Crippen molar-refractivity contribution in [3.05, 3.63) is 57.2 Å². The molecule has 0 fully saturated rings. The predicted molar refractivity (Wildman–Crippen MR) is 101 cm³/mol. The van der Waals surface area contributed by atoms with Gasteiger partial charge in [-0.05, 0) is 29.0 Å². The molecule has 1 amide bonds. The minimum atomic E-state index is -0.0538. The van der Waals surface area contributed by atoms with Crippen molar-refractivity contribution < 1.29 is 4.79 Å². The number of carbonyl (C=O) groups excluding carboxylic acids is 1. The Hall–Kier alpha value is -2.12. The van der Waals surface area contributed by atoms with Gasteiger partial charge in [-0.1, -0.05) is 36.0 Å². The first-order valence-corrected chi connectivity index (χ1v) is 9.91. The Morgan fingerprint density at radius 2 is 2.08 bits per heavy atom. The van der Waals surface area contributed by atoms with Crippen molar-refractivity contribution in [2.45, 2.75) is 18.1 Å². The number of benzene rings is 1. The molecule has 0 unspecified atom stereocenters. The van der Waals surface area contributed by atoms with Crippen LogP contribution in [0.2, 0.25) is 0 Å². The van der Waals surface area contributed by atoms with Gasteiger partial charge in [-0.15, -0.1) is 11.3 Å². The topological polar surface area (TPSA) is 55.2 Å². The molecule has 0 N–H and O–H groups in total. The zero-order valence-corrected chi connectivity index (χ0v) is 15.4. The first kappa shape index (κ1) is 16.4. The van der Waals surface area contributed by atoms with E-state index in [0.717, 1.165) is 13.0 Å². The van der Waals surface area contributed by atoms with Crippen molar-refractivity contribution in [1.82, 2.24) is 14.5 Å².